The number of carbonyl (C=O) groups excluding carboxylic acids is 3. The maximum absolute atomic E-state index is 12.5. The molecule has 1 aromatic rings. The van der Waals surface area contributed by atoms with Gasteiger partial charge in [0.15, 0.2) is 6.61 Å². The van der Waals surface area contributed by atoms with Gasteiger partial charge < -0.3 is 15.4 Å². The molecule has 2 N–H and O–H groups in total. The molecule has 0 aromatic heterocycles. The molecule has 8 heteroatoms. The van der Waals surface area contributed by atoms with Crippen molar-refractivity contribution in [1.82, 2.24) is 10.6 Å². The summed E-state index contributed by atoms with van der Waals surface area (Å²) < 4.78 is 5.08. The predicted molar refractivity (Wildman–Crippen MR) is 106 cm³/mol. The molecule has 0 bridgehead atoms. The van der Waals surface area contributed by atoms with Gasteiger partial charge in [0.2, 0.25) is 0 Å². The first kappa shape index (κ1) is 23.2. The number of hydrogen-bond acceptors (Lipinski definition) is 4. The fourth-order valence-corrected chi connectivity index (χ4v) is 2.78. The Hall–Kier alpha value is -1.79. The maximum atomic E-state index is 12.5. The zero-order valence-electron chi connectivity index (χ0n) is 16.2. The van der Waals surface area contributed by atoms with Crippen LogP contribution >= 0.6 is 23.2 Å². The minimum absolute atomic E-state index is 0.118. The molecule has 0 unspecified atom stereocenters. The predicted octanol–water partition coefficient (Wildman–Crippen LogP) is 3.60. The van der Waals surface area contributed by atoms with Crippen molar-refractivity contribution in [2.24, 2.45) is 5.92 Å². The van der Waals surface area contributed by atoms with Crippen molar-refractivity contribution in [2.45, 2.75) is 52.6 Å². The summed E-state index contributed by atoms with van der Waals surface area (Å²) in [5, 5.41) is 5.91. The third kappa shape index (κ3) is 8.63. The molecule has 1 atom stereocenters. The fourth-order valence-electron chi connectivity index (χ4n) is 2.29. The molecule has 27 heavy (non-hydrogen) atoms. The smallest absolute Gasteiger partial charge is 0.329 e. The van der Waals surface area contributed by atoms with Crippen LogP contribution in [-0.4, -0.2) is 36.0 Å². The summed E-state index contributed by atoms with van der Waals surface area (Å²) in [6, 6.07) is 3.57. The molecular weight excluding hydrogens is 391 g/mol. The Kier molecular flexibility index (Phi) is 8.57. The van der Waals surface area contributed by atoms with Crippen LogP contribution in [0.15, 0.2) is 18.2 Å². The van der Waals surface area contributed by atoms with Gasteiger partial charge in [-0.15, -0.1) is 0 Å². The van der Waals surface area contributed by atoms with Gasteiger partial charge in [0.1, 0.15) is 6.04 Å². The van der Waals surface area contributed by atoms with Crippen molar-refractivity contribution in [3.05, 3.63) is 33.8 Å². The first-order valence-corrected chi connectivity index (χ1v) is 9.38. The van der Waals surface area contributed by atoms with Gasteiger partial charge in [-0.05, 0) is 51.3 Å². The van der Waals surface area contributed by atoms with Gasteiger partial charge in [-0.25, -0.2) is 4.79 Å². The molecule has 6 nitrogen and oxygen atoms in total. The van der Waals surface area contributed by atoms with Crippen molar-refractivity contribution in [1.29, 1.82) is 0 Å². The summed E-state index contributed by atoms with van der Waals surface area (Å²) in [6.45, 7) is 8.88. The molecule has 0 heterocycles. The van der Waals surface area contributed by atoms with Crippen molar-refractivity contribution in [2.75, 3.05) is 6.61 Å². The SMILES string of the molecule is CC(C)C[C@H](NC(=O)c1ccc(Cl)cc1Cl)C(=O)OCC(=O)NC(C)(C)C. The van der Waals surface area contributed by atoms with Crippen LogP contribution in [0, 0.1) is 5.92 Å². The van der Waals surface area contributed by atoms with Crippen LogP contribution < -0.4 is 10.6 Å². The number of hydrogen-bond donors (Lipinski definition) is 2. The number of carbonyl (C=O) groups is 3. The quantitative estimate of drug-likeness (QED) is 0.664. The molecule has 0 spiro atoms. The van der Waals surface area contributed by atoms with E-state index in [1.54, 1.807) is 0 Å². The highest BCUT2D eigenvalue weighted by Gasteiger charge is 2.26. The summed E-state index contributed by atoms with van der Waals surface area (Å²) in [4.78, 5) is 36.7. The molecule has 2 amide bonds. The topological polar surface area (TPSA) is 84.5 Å². The molecular formula is C19H26Cl2N2O4. The lowest BCUT2D eigenvalue weighted by molar-refractivity contribution is -0.151. The van der Waals surface area contributed by atoms with E-state index in [4.69, 9.17) is 27.9 Å². The number of esters is 1. The van der Waals surface area contributed by atoms with Crippen LogP contribution in [0.25, 0.3) is 0 Å². The van der Waals surface area contributed by atoms with Crippen LogP contribution in [0.5, 0.6) is 0 Å². The van der Waals surface area contributed by atoms with Gasteiger partial charge in [-0.1, -0.05) is 37.0 Å². The molecule has 0 fully saturated rings. The van der Waals surface area contributed by atoms with Crippen molar-refractivity contribution < 1.29 is 19.1 Å². The van der Waals surface area contributed by atoms with Gasteiger partial charge in [0, 0.05) is 10.6 Å². The summed E-state index contributed by atoms with van der Waals surface area (Å²) in [5.74, 6) is -1.48. The first-order valence-electron chi connectivity index (χ1n) is 8.62. The largest absolute Gasteiger partial charge is 0.454 e. The van der Waals surface area contributed by atoms with Crippen LogP contribution in [-0.2, 0) is 14.3 Å². The van der Waals surface area contributed by atoms with Gasteiger partial charge >= 0.3 is 5.97 Å². The van der Waals surface area contributed by atoms with Gasteiger partial charge in [0.25, 0.3) is 11.8 Å². The molecule has 0 radical (unpaired) electrons. The second kappa shape index (κ2) is 9.95. The highest BCUT2D eigenvalue weighted by atomic mass is 35.5. The van der Waals surface area contributed by atoms with E-state index in [0.717, 1.165) is 0 Å². The summed E-state index contributed by atoms with van der Waals surface area (Å²) in [7, 11) is 0. The van der Waals surface area contributed by atoms with E-state index >= 15 is 0 Å². The molecule has 1 rings (SSSR count). The molecule has 1 aromatic carbocycles. The zero-order valence-corrected chi connectivity index (χ0v) is 17.7. The number of ether oxygens (including phenoxy) is 1. The van der Waals surface area contributed by atoms with E-state index in [-0.39, 0.29) is 16.5 Å². The lowest BCUT2D eigenvalue weighted by atomic mass is 10.0. The van der Waals surface area contributed by atoms with E-state index in [1.165, 1.54) is 18.2 Å². The molecule has 0 saturated carbocycles. The number of amides is 2. The van der Waals surface area contributed by atoms with Crippen LogP contribution in [0.3, 0.4) is 0 Å². The third-order valence-corrected chi connectivity index (χ3v) is 3.88. The number of rotatable bonds is 7. The summed E-state index contributed by atoms with van der Waals surface area (Å²) in [6.07, 6.45) is 0.358. The third-order valence-electron chi connectivity index (χ3n) is 3.33. The van der Waals surface area contributed by atoms with E-state index in [9.17, 15) is 14.4 Å². The highest BCUT2D eigenvalue weighted by Crippen LogP contribution is 2.21. The Balaban J connectivity index is 2.78. The molecule has 150 valence electrons. The van der Waals surface area contributed by atoms with Gasteiger partial charge in [-0.3, -0.25) is 9.59 Å². The first-order chi connectivity index (χ1) is 12.4. The minimum atomic E-state index is -0.897. The maximum Gasteiger partial charge on any atom is 0.329 e. The van der Waals surface area contributed by atoms with Gasteiger partial charge in [0.05, 0.1) is 10.6 Å². The van der Waals surface area contributed by atoms with Crippen molar-refractivity contribution >= 4 is 41.0 Å². The fraction of sp³-hybridized carbons (Fsp3) is 0.526. The van der Waals surface area contributed by atoms with E-state index in [2.05, 4.69) is 10.6 Å². The highest BCUT2D eigenvalue weighted by molar-refractivity contribution is 6.36. The Labute approximate surface area is 169 Å². The minimum Gasteiger partial charge on any atom is -0.454 e. The number of nitrogens with one attached hydrogen (secondary N) is 2. The van der Waals surface area contributed by atoms with Crippen molar-refractivity contribution in [3.63, 3.8) is 0 Å². The van der Waals surface area contributed by atoms with Crippen LogP contribution in [0.4, 0.5) is 0 Å². The second-order valence-electron chi connectivity index (χ2n) is 7.69. The lowest BCUT2D eigenvalue weighted by Gasteiger charge is -2.22. The van der Waals surface area contributed by atoms with Crippen LogP contribution in [0.1, 0.15) is 51.4 Å². The average Bonchev–Trinajstić information content (AvgIpc) is 2.49. The Morgan fingerprint density at radius 3 is 2.30 bits per heavy atom. The molecule has 0 aliphatic carbocycles. The zero-order chi connectivity index (χ0) is 20.8. The van der Waals surface area contributed by atoms with Gasteiger partial charge in [-0.2, -0.15) is 0 Å². The molecule has 0 aliphatic heterocycles. The lowest BCUT2D eigenvalue weighted by Crippen LogP contribution is -2.46. The normalized spacial score (nSPS) is 12.4. The van der Waals surface area contributed by atoms with Crippen LogP contribution in [0.2, 0.25) is 10.0 Å². The summed E-state index contributed by atoms with van der Waals surface area (Å²) >= 11 is 11.9. The average molecular weight is 417 g/mol. The van der Waals surface area contributed by atoms with E-state index in [0.29, 0.717) is 11.4 Å². The standard InChI is InChI=1S/C19H26Cl2N2O4/c1-11(2)8-15(18(26)27-10-16(24)23-19(3,4)5)22-17(25)13-7-6-12(20)9-14(13)21/h6-7,9,11,15H,8,10H2,1-5H3,(H,22,25)(H,23,24)/t15-/m0/s1. The molecule has 0 saturated heterocycles. The number of halogens is 2. The monoisotopic (exact) mass is 416 g/mol. The van der Waals surface area contributed by atoms with E-state index < -0.39 is 36.0 Å². The Morgan fingerprint density at radius 1 is 1.15 bits per heavy atom. The Bertz CT molecular complexity index is 699. The second-order valence-corrected chi connectivity index (χ2v) is 8.53. The summed E-state index contributed by atoms with van der Waals surface area (Å²) in [5.41, 5.74) is -0.228. The van der Waals surface area contributed by atoms with Crippen molar-refractivity contribution in [3.8, 4) is 0 Å². The van der Waals surface area contributed by atoms with E-state index in [1.807, 2.05) is 34.6 Å². The number of benzene rings is 1. The Morgan fingerprint density at radius 2 is 1.78 bits per heavy atom. The molecule has 0 aliphatic rings.